The molecule has 1 aliphatic carbocycles. The minimum atomic E-state index is -0.741. The molecule has 2 unspecified atom stereocenters. The van der Waals surface area contributed by atoms with E-state index in [1.807, 2.05) is 32.0 Å². The molecule has 10 nitrogen and oxygen atoms in total. The molecule has 0 aromatic carbocycles. The number of pyridine rings is 1. The zero-order valence-electron chi connectivity index (χ0n) is 30.1. The van der Waals surface area contributed by atoms with Gasteiger partial charge in [0.15, 0.2) is 0 Å². The minimum absolute atomic E-state index is 0.0730. The van der Waals surface area contributed by atoms with Crippen LogP contribution in [0.5, 0.6) is 0 Å². The van der Waals surface area contributed by atoms with Gasteiger partial charge in [-0.15, -0.1) is 30.1 Å². The highest BCUT2D eigenvalue weighted by molar-refractivity contribution is 8.20. The van der Waals surface area contributed by atoms with Crippen molar-refractivity contribution in [2.24, 2.45) is 17.8 Å². The third kappa shape index (κ3) is 14.6. The summed E-state index contributed by atoms with van der Waals surface area (Å²) >= 11 is 3.35. The normalized spacial score (nSPS) is 18.7. The molecule has 3 rings (SSSR count). The standard InChI is InChI=1S/C37H59N5O5S2/c1-7-14-27(32(43)41-30(25(3)8-2)33(44)39-24-29-17-12-13-20-38-29)18-19-28(23-26-15-10-9-11-16-26)40-34(45)31(35-48-21-22-49-35)42-36(46)47-37(4,5)6/h7,12-13,17,20,25-28,30-31,35H,1,8-11,14-16,18-19,21-24H2,2-6H3,(H,39,44)(H,40,45)(H,41,43)(H,42,46)/t25-,27?,28-,30?,31-/m1/s1. The molecule has 4 amide bonds. The van der Waals surface area contributed by atoms with Crippen LogP contribution >= 0.6 is 23.5 Å². The summed E-state index contributed by atoms with van der Waals surface area (Å²) in [5, 5.41) is 12.2. The third-order valence-electron chi connectivity index (χ3n) is 9.21. The highest BCUT2D eigenvalue weighted by Gasteiger charge is 2.36. The Hall–Kier alpha value is -2.73. The Kier molecular flexibility index (Phi) is 17.3. The molecular weight excluding hydrogens is 659 g/mol. The summed E-state index contributed by atoms with van der Waals surface area (Å²) in [5.74, 6) is 1.20. The van der Waals surface area contributed by atoms with E-state index in [4.69, 9.17) is 4.74 Å². The number of hydrogen-bond donors (Lipinski definition) is 4. The number of carbonyl (C=O) groups is 4. The molecule has 49 heavy (non-hydrogen) atoms. The van der Waals surface area contributed by atoms with Crippen LogP contribution in [0.25, 0.3) is 0 Å². The number of allylic oxidation sites excluding steroid dienone is 1. The van der Waals surface area contributed by atoms with Crippen LogP contribution in [0.15, 0.2) is 37.1 Å². The van der Waals surface area contributed by atoms with Gasteiger partial charge in [-0.1, -0.05) is 64.5 Å². The number of thioether (sulfide) groups is 2. The number of amides is 4. The molecular formula is C37H59N5O5S2. The zero-order valence-corrected chi connectivity index (χ0v) is 31.8. The second kappa shape index (κ2) is 20.8. The Morgan fingerprint density at radius 3 is 2.33 bits per heavy atom. The first-order valence-corrected chi connectivity index (χ1v) is 20.1. The first-order valence-electron chi connectivity index (χ1n) is 18.0. The van der Waals surface area contributed by atoms with Gasteiger partial charge in [0.1, 0.15) is 17.7 Å². The number of nitrogens with one attached hydrogen (secondary N) is 4. The van der Waals surface area contributed by atoms with E-state index >= 15 is 0 Å². The SMILES string of the molecule is C=CCC(CC[C@H](CC1CCCCC1)NC(=O)[C@@H](NC(=O)OC(C)(C)C)C1SCCS1)C(=O)NC(C(=O)NCc1ccccn1)[C@H](C)CC. The fraction of sp³-hybridized carbons (Fsp3) is 0.703. The van der Waals surface area contributed by atoms with E-state index in [2.05, 4.69) is 32.8 Å². The average Bonchev–Trinajstić information content (AvgIpc) is 3.61. The second-order valence-electron chi connectivity index (χ2n) is 14.4. The number of nitrogens with zero attached hydrogens (tertiary/aromatic N) is 1. The Labute approximate surface area is 302 Å². The molecule has 1 saturated heterocycles. The van der Waals surface area contributed by atoms with Crippen molar-refractivity contribution < 1.29 is 23.9 Å². The van der Waals surface area contributed by atoms with Crippen molar-refractivity contribution in [3.05, 3.63) is 42.7 Å². The number of alkyl carbamates (subject to hydrolysis) is 1. The summed E-state index contributed by atoms with van der Waals surface area (Å²) in [6.07, 6.45) is 11.8. The van der Waals surface area contributed by atoms with Gasteiger partial charge in [-0.3, -0.25) is 19.4 Å². The van der Waals surface area contributed by atoms with Crippen molar-refractivity contribution >= 4 is 47.3 Å². The van der Waals surface area contributed by atoms with E-state index in [0.717, 1.165) is 42.9 Å². The molecule has 0 radical (unpaired) electrons. The van der Waals surface area contributed by atoms with E-state index in [9.17, 15) is 19.2 Å². The molecule has 2 heterocycles. The largest absolute Gasteiger partial charge is 0.444 e. The Morgan fingerprint density at radius 2 is 1.71 bits per heavy atom. The van der Waals surface area contributed by atoms with Crippen LogP contribution in [0.4, 0.5) is 4.79 Å². The lowest BCUT2D eigenvalue weighted by atomic mass is 9.83. The van der Waals surface area contributed by atoms with Crippen molar-refractivity contribution in [3.8, 4) is 0 Å². The third-order valence-corrected chi connectivity index (χ3v) is 12.4. The number of aromatic nitrogens is 1. The topological polar surface area (TPSA) is 139 Å². The summed E-state index contributed by atoms with van der Waals surface area (Å²) in [6.45, 7) is 13.6. The highest BCUT2D eigenvalue weighted by atomic mass is 32.2. The smallest absolute Gasteiger partial charge is 0.408 e. The summed E-state index contributed by atoms with van der Waals surface area (Å²) < 4.78 is 5.41. The van der Waals surface area contributed by atoms with Crippen molar-refractivity contribution in [2.45, 2.75) is 134 Å². The van der Waals surface area contributed by atoms with Crippen LogP contribution < -0.4 is 21.3 Å². The molecule has 2 aliphatic rings. The van der Waals surface area contributed by atoms with Crippen LogP contribution in [-0.4, -0.2) is 68.6 Å². The van der Waals surface area contributed by atoms with E-state index in [-0.39, 0.29) is 40.8 Å². The molecule has 1 aliphatic heterocycles. The molecule has 5 atom stereocenters. The Balaban J connectivity index is 1.71. The minimum Gasteiger partial charge on any atom is -0.444 e. The fourth-order valence-electron chi connectivity index (χ4n) is 6.35. The molecule has 2 fully saturated rings. The molecule has 0 spiro atoms. The lowest BCUT2D eigenvalue weighted by Crippen LogP contribution is -2.54. The number of rotatable bonds is 18. The van der Waals surface area contributed by atoms with Gasteiger partial charge in [0.2, 0.25) is 17.7 Å². The summed E-state index contributed by atoms with van der Waals surface area (Å²) in [6, 6.07) is 3.95. The highest BCUT2D eigenvalue weighted by Crippen LogP contribution is 2.35. The maximum Gasteiger partial charge on any atom is 0.408 e. The van der Waals surface area contributed by atoms with Gasteiger partial charge in [-0.25, -0.2) is 4.79 Å². The van der Waals surface area contributed by atoms with Gasteiger partial charge in [0, 0.05) is 29.7 Å². The van der Waals surface area contributed by atoms with Gasteiger partial charge in [-0.2, -0.15) is 0 Å². The molecule has 0 bridgehead atoms. The van der Waals surface area contributed by atoms with Gasteiger partial charge < -0.3 is 26.0 Å². The van der Waals surface area contributed by atoms with E-state index in [1.165, 1.54) is 19.3 Å². The van der Waals surface area contributed by atoms with Crippen LogP contribution in [0.2, 0.25) is 0 Å². The second-order valence-corrected chi connectivity index (χ2v) is 17.2. The lowest BCUT2D eigenvalue weighted by molar-refractivity contribution is -0.132. The Morgan fingerprint density at radius 1 is 1.00 bits per heavy atom. The van der Waals surface area contributed by atoms with Gasteiger partial charge in [-0.05, 0) is 70.4 Å². The Bertz CT molecular complexity index is 1200. The average molecular weight is 718 g/mol. The first-order chi connectivity index (χ1) is 23.4. The number of carbonyl (C=O) groups excluding carboxylic acids is 4. The fourth-order valence-corrected chi connectivity index (χ4v) is 9.31. The van der Waals surface area contributed by atoms with Crippen LogP contribution in [0.1, 0.15) is 105 Å². The molecule has 12 heteroatoms. The van der Waals surface area contributed by atoms with E-state index in [1.54, 1.807) is 56.6 Å². The first kappa shape index (κ1) is 40.7. The zero-order chi connectivity index (χ0) is 35.8. The maximum atomic E-state index is 13.9. The van der Waals surface area contributed by atoms with Crippen molar-refractivity contribution in [1.29, 1.82) is 0 Å². The molecule has 1 aromatic rings. The van der Waals surface area contributed by atoms with Crippen LogP contribution in [0.3, 0.4) is 0 Å². The van der Waals surface area contributed by atoms with Crippen molar-refractivity contribution in [2.75, 3.05) is 11.5 Å². The maximum absolute atomic E-state index is 13.9. The predicted octanol–water partition coefficient (Wildman–Crippen LogP) is 6.36. The van der Waals surface area contributed by atoms with Gasteiger partial charge in [0.05, 0.1) is 16.8 Å². The van der Waals surface area contributed by atoms with E-state index in [0.29, 0.717) is 25.2 Å². The summed E-state index contributed by atoms with van der Waals surface area (Å²) in [7, 11) is 0. The predicted molar refractivity (Wildman–Crippen MR) is 200 cm³/mol. The monoisotopic (exact) mass is 717 g/mol. The quantitative estimate of drug-likeness (QED) is 0.129. The number of ether oxygens (including phenoxy) is 1. The van der Waals surface area contributed by atoms with E-state index < -0.39 is 29.7 Å². The molecule has 4 N–H and O–H groups in total. The van der Waals surface area contributed by atoms with Crippen LogP contribution in [0, 0.1) is 17.8 Å². The summed E-state index contributed by atoms with van der Waals surface area (Å²) in [4.78, 5) is 58.1. The molecule has 1 aromatic heterocycles. The molecule has 274 valence electrons. The molecule has 1 saturated carbocycles. The lowest BCUT2D eigenvalue weighted by Gasteiger charge is -2.31. The number of hydrogen-bond acceptors (Lipinski definition) is 8. The summed E-state index contributed by atoms with van der Waals surface area (Å²) in [5.41, 5.74) is 0.0632. The van der Waals surface area contributed by atoms with Gasteiger partial charge >= 0.3 is 6.09 Å². The van der Waals surface area contributed by atoms with Gasteiger partial charge in [0.25, 0.3) is 0 Å². The van der Waals surface area contributed by atoms with Crippen molar-refractivity contribution in [1.82, 2.24) is 26.3 Å². The van der Waals surface area contributed by atoms with Crippen molar-refractivity contribution in [3.63, 3.8) is 0 Å². The van der Waals surface area contributed by atoms with Crippen LogP contribution in [-0.2, 0) is 25.7 Å².